The molecule has 0 bridgehead atoms. The summed E-state index contributed by atoms with van der Waals surface area (Å²) in [7, 11) is 0. The maximum absolute atomic E-state index is 8.38. The average molecular weight is 154 g/mol. The number of nitrogens with one attached hydrogen (secondary N) is 1. The smallest absolute Gasteiger partial charge is 0.0845 e. The van der Waals surface area contributed by atoms with E-state index in [0.717, 1.165) is 26.1 Å². The Morgan fingerprint density at radius 1 is 1.73 bits per heavy atom. The lowest BCUT2D eigenvalue weighted by Crippen LogP contribution is -2.45. The molecule has 0 saturated carbocycles. The molecule has 0 spiro atoms. The fraction of sp³-hybridized carbons (Fsp3) is 0.875. The van der Waals surface area contributed by atoms with Crippen LogP contribution in [0.4, 0.5) is 0 Å². The zero-order valence-corrected chi connectivity index (χ0v) is 6.89. The summed E-state index contributed by atoms with van der Waals surface area (Å²) >= 11 is 0. The van der Waals surface area contributed by atoms with E-state index in [0.29, 0.717) is 6.54 Å². The van der Waals surface area contributed by atoms with Crippen LogP contribution in [0.15, 0.2) is 0 Å². The molecule has 1 N–H and O–H groups in total. The first-order valence-electron chi connectivity index (χ1n) is 4.03. The van der Waals surface area contributed by atoms with Crippen LogP contribution in [-0.2, 0) is 4.74 Å². The fourth-order valence-corrected chi connectivity index (χ4v) is 1.38. The third-order valence-corrected chi connectivity index (χ3v) is 2.32. The van der Waals surface area contributed by atoms with E-state index in [1.54, 1.807) is 0 Å². The van der Waals surface area contributed by atoms with Gasteiger partial charge in [0.1, 0.15) is 0 Å². The molecule has 1 rings (SSSR count). The molecule has 0 aromatic heterocycles. The molecule has 1 heterocycles. The van der Waals surface area contributed by atoms with Crippen molar-refractivity contribution in [2.24, 2.45) is 0 Å². The molecule has 1 aliphatic rings. The molecule has 3 heteroatoms. The van der Waals surface area contributed by atoms with E-state index in [2.05, 4.69) is 18.3 Å². The Bertz CT molecular complexity index is 156. The predicted molar refractivity (Wildman–Crippen MR) is 42.1 cm³/mol. The fourth-order valence-electron chi connectivity index (χ4n) is 1.38. The van der Waals surface area contributed by atoms with E-state index in [4.69, 9.17) is 10.00 Å². The molecule has 11 heavy (non-hydrogen) atoms. The van der Waals surface area contributed by atoms with Gasteiger partial charge in [0.15, 0.2) is 0 Å². The second kappa shape index (κ2) is 3.70. The van der Waals surface area contributed by atoms with Crippen LogP contribution in [0.2, 0.25) is 0 Å². The highest BCUT2D eigenvalue weighted by Gasteiger charge is 2.31. The molecular weight excluding hydrogens is 140 g/mol. The summed E-state index contributed by atoms with van der Waals surface area (Å²) in [6.45, 7) is 4.13. The van der Waals surface area contributed by atoms with Crippen molar-refractivity contribution in [1.82, 2.24) is 5.32 Å². The molecule has 1 saturated heterocycles. The molecular formula is C8H14N2O. The average Bonchev–Trinajstić information content (AvgIpc) is 2.50. The molecule has 1 unspecified atom stereocenters. The van der Waals surface area contributed by atoms with Crippen molar-refractivity contribution in [2.75, 3.05) is 19.8 Å². The number of nitriles is 1. The molecule has 0 aromatic rings. The van der Waals surface area contributed by atoms with Gasteiger partial charge in [-0.05, 0) is 12.8 Å². The Balaban J connectivity index is 2.40. The summed E-state index contributed by atoms with van der Waals surface area (Å²) in [4.78, 5) is 0. The highest BCUT2D eigenvalue weighted by Crippen LogP contribution is 2.21. The summed E-state index contributed by atoms with van der Waals surface area (Å²) in [5.74, 6) is 0. The van der Waals surface area contributed by atoms with Crippen molar-refractivity contribution < 1.29 is 4.74 Å². The number of ether oxygens (including phenoxy) is 1. The van der Waals surface area contributed by atoms with Gasteiger partial charge in [-0.2, -0.15) is 5.26 Å². The van der Waals surface area contributed by atoms with Crippen LogP contribution in [0, 0.1) is 11.3 Å². The first-order valence-corrected chi connectivity index (χ1v) is 4.03. The van der Waals surface area contributed by atoms with Crippen molar-refractivity contribution in [3.05, 3.63) is 0 Å². The third kappa shape index (κ3) is 1.92. The molecule has 0 amide bonds. The van der Waals surface area contributed by atoms with E-state index < -0.39 is 0 Å². The van der Waals surface area contributed by atoms with Crippen molar-refractivity contribution in [2.45, 2.75) is 25.3 Å². The largest absolute Gasteiger partial charge is 0.379 e. The lowest BCUT2D eigenvalue weighted by atomic mass is 9.95. The summed E-state index contributed by atoms with van der Waals surface area (Å²) < 4.78 is 5.28. The van der Waals surface area contributed by atoms with Crippen LogP contribution < -0.4 is 5.32 Å². The van der Waals surface area contributed by atoms with Gasteiger partial charge in [-0.3, -0.25) is 5.32 Å². The van der Waals surface area contributed by atoms with Crippen molar-refractivity contribution in [1.29, 1.82) is 5.26 Å². The molecule has 1 fully saturated rings. The van der Waals surface area contributed by atoms with E-state index in [1.807, 2.05) is 0 Å². The number of rotatable bonds is 3. The van der Waals surface area contributed by atoms with Crippen molar-refractivity contribution in [3.8, 4) is 6.07 Å². The van der Waals surface area contributed by atoms with Gasteiger partial charge < -0.3 is 4.74 Å². The minimum absolute atomic E-state index is 0.0930. The summed E-state index contributed by atoms with van der Waals surface area (Å²) in [5.41, 5.74) is 0.0930. The third-order valence-electron chi connectivity index (χ3n) is 2.32. The number of hydrogen-bond donors (Lipinski definition) is 1. The van der Waals surface area contributed by atoms with E-state index in [1.165, 1.54) is 0 Å². The van der Waals surface area contributed by atoms with Crippen molar-refractivity contribution in [3.63, 3.8) is 0 Å². The Hall–Kier alpha value is -0.590. The molecule has 0 aromatic carbocycles. The van der Waals surface area contributed by atoms with Crippen molar-refractivity contribution >= 4 is 0 Å². The molecule has 0 aliphatic carbocycles. The van der Waals surface area contributed by atoms with Crippen LogP contribution in [0.3, 0.4) is 0 Å². The summed E-state index contributed by atoms with van der Waals surface area (Å²) in [6.07, 6.45) is 2.07. The Kier molecular flexibility index (Phi) is 2.86. The Morgan fingerprint density at radius 2 is 2.55 bits per heavy atom. The lowest BCUT2D eigenvalue weighted by molar-refractivity contribution is 0.166. The van der Waals surface area contributed by atoms with Gasteiger partial charge in [0.05, 0.1) is 19.2 Å². The van der Waals surface area contributed by atoms with Gasteiger partial charge >= 0.3 is 0 Å². The minimum Gasteiger partial charge on any atom is -0.379 e. The monoisotopic (exact) mass is 154 g/mol. The second-order valence-corrected chi connectivity index (χ2v) is 2.95. The quantitative estimate of drug-likeness (QED) is 0.608. The van der Waals surface area contributed by atoms with E-state index in [9.17, 15) is 0 Å². The molecule has 1 atom stereocenters. The van der Waals surface area contributed by atoms with Crippen LogP contribution in [0.5, 0.6) is 0 Å². The van der Waals surface area contributed by atoms with Gasteiger partial charge in [0, 0.05) is 12.1 Å². The van der Waals surface area contributed by atoms with Gasteiger partial charge in [-0.25, -0.2) is 0 Å². The summed E-state index contributed by atoms with van der Waals surface area (Å²) in [6, 6.07) is 2.09. The highest BCUT2D eigenvalue weighted by molar-refractivity contribution is 4.93. The van der Waals surface area contributed by atoms with Gasteiger partial charge in [-0.1, -0.05) is 6.92 Å². The SMILES string of the molecule is CCC1(NCC#N)CCOC1. The first-order chi connectivity index (χ1) is 5.33. The maximum Gasteiger partial charge on any atom is 0.0845 e. The zero-order chi connectivity index (χ0) is 8.16. The number of nitrogens with zero attached hydrogens (tertiary/aromatic N) is 1. The molecule has 3 nitrogen and oxygen atoms in total. The second-order valence-electron chi connectivity index (χ2n) is 2.95. The lowest BCUT2D eigenvalue weighted by Gasteiger charge is -2.25. The zero-order valence-electron chi connectivity index (χ0n) is 6.89. The minimum atomic E-state index is 0.0930. The standard InChI is InChI=1S/C8H14N2O/c1-2-8(10-5-4-9)3-6-11-7-8/h10H,2-3,5-7H2,1H3. The van der Waals surface area contributed by atoms with E-state index >= 15 is 0 Å². The van der Waals surface area contributed by atoms with Crippen LogP contribution >= 0.6 is 0 Å². The van der Waals surface area contributed by atoms with Crippen LogP contribution in [0.1, 0.15) is 19.8 Å². The topological polar surface area (TPSA) is 45.0 Å². The molecule has 1 aliphatic heterocycles. The number of hydrogen-bond acceptors (Lipinski definition) is 3. The van der Waals surface area contributed by atoms with Gasteiger partial charge in [0.25, 0.3) is 0 Å². The molecule has 0 radical (unpaired) electrons. The van der Waals surface area contributed by atoms with Gasteiger partial charge in [-0.15, -0.1) is 0 Å². The predicted octanol–water partition coefficient (Wildman–Crippen LogP) is 0.669. The Morgan fingerprint density at radius 3 is 3.00 bits per heavy atom. The maximum atomic E-state index is 8.38. The van der Waals surface area contributed by atoms with Crippen LogP contribution in [-0.4, -0.2) is 25.3 Å². The van der Waals surface area contributed by atoms with E-state index in [-0.39, 0.29) is 5.54 Å². The Labute approximate surface area is 67.3 Å². The molecule has 62 valence electrons. The van der Waals surface area contributed by atoms with Crippen LogP contribution in [0.25, 0.3) is 0 Å². The first kappa shape index (κ1) is 8.51. The van der Waals surface area contributed by atoms with Gasteiger partial charge in [0.2, 0.25) is 0 Å². The summed E-state index contributed by atoms with van der Waals surface area (Å²) in [5, 5.41) is 11.6. The normalized spacial score (nSPS) is 30.2. The highest BCUT2D eigenvalue weighted by atomic mass is 16.5.